The Morgan fingerprint density at radius 2 is 2.05 bits per heavy atom. The number of nitrogens with zero attached hydrogens (tertiary/aromatic N) is 2. The van der Waals surface area contributed by atoms with Crippen LogP contribution >= 0.6 is 0 Å². The predicted octanol–water partition coefficient (Wildman–Crippen LogP) is 1.47. The summed E-state index contributed by atoms with van der Waals surface area (Å²) in [4.78, 5) is 16.0. The molecule has 0 aliphatic carbocycles. The molecule has 0 unspecified atom stereocenters. The minimum Gasteiger partial charge on any atom is -0.495 e. The lowest BCUT2D eigenvalue weighted by molar-refractivity contribution is 0.198. The number of hydrogen-bond acceptors (Lipinski definition) is 3. The number of methoxy groups -OCH3 is 1. The fourth-order valence-corrected chi connectivity index (χ4v) is 2.23. The number of nitrogens with one attached hydrogen (secondary N) is 1. The van der Waals surface area contributed by atoms with Crippen molar-refractivity contribution in [1.29, 1.82) is 0 Å². The summed E-state index contributed by atoms with van der Waals surface area (Å²) in [7, 11) is 3.42. The summed E-state index contributed by atoms with van der Waals surface area (Å²) in [5.41, 5.74) is 1.92. The lowest BCUT2D eigenvalue weighted by atomic mass is 10.2. The quantitative estimate of drug-likeness (QED) is 0.878. The maximum atomic E-state index is 12.4. The van der Waals surface area contributed by atoms with Crippen LogP contribution in [0.2, 0.25) is 0 Å². The molecule has 5 heteroatoms. The van der Waals surface area contributed by atoms with Gasteiger partial charge in [-0.2, -0.15) is 0 Å². The van der Waals surface area contributed by atoms with Gasteiger partial charge in [-0.05, 0) is 24.6 Å². The zero-order valence-corrected chi connectivity index (χ0v) is 11.8. The van der Waals surface area contributed by atoms with Crippen molar-refractivity contribution in [3.8, 4) is 5.75 Å². The highest BCUT2D eigenvalue weighted by Gasteiger charge is 2.22. The van der Waals surface area contributed by atoms with Crippen molar-refractivity contribution in [2.75, 3.05) is 45.2 Å². The second-order valence-electron chi connectivity index (χ2n) is 4.75. The van der Waals surface area contributed by atoms with E-state index < -0.39 is 0 Å². The van der Waals surface area contributed by atoms with E-state index in [0.29, 0.717) is 0 Å². The molecule has 1 aromatic rings. The highest BCUT2D eigenvalue weighted by molar-refractivity contribution is 5.93. The molecule has 5 nitrogen and oxygen atoms in total. The van der Waals surface area contributed by atoms with E-state index in [-0.39, 0.29) is 6.03 Å². The lowest BCUT2D eigenvalue weighted by Gasteiger charge is -2.32. The molecular formula is C14H21N3O2. The monoisotopic (exact) mass is 263 g/mol. The molecule has 1 fully saturated rings. The molecule has 1 saturated heterocycles. The number of carbonyl (C=O) groups excluding carboxylic acids is 1. The van der Waals surface area contributed by atoms with Crippen molar-refractivity contribution in [3.05, 3.63) is 23.8 Å². The summed E-state index contributed by atoms with van der Waals surface area (Å²) in [6.45, 7) is 5.20. The number of piperazine rings is 1. The Morgan fingerprint density at radius 1 is 1.37 bits per heavy atom. The first-order chi connectivity index (χ1) is 9.13. The fourth-order valence-electron chi connectivity index (χ4n) is 2.23. The Balaban J connectivity index is 2.20. The summed E-state index contributed by atoms with van der Waals surface area (Å²) in [6, 6.07) is 5.86. The second-order valence-corrected chi connectivity index (χ2v) is 4.75. The SMILES string of the molecule is COc1ccc(C)cc1N(C)C(=O)N1CCNCC1. The molecule has 0 radical (unpaired) electrons. The first-order valence-corrected chi connectivity index (χ1v) is 6.51. The highest BCUT2D eigenvalue weighted by Crippen LogP contribution is 2.29. The minimum atomic E-state index is 0.0189. The Hall–Kier alpha value is -1.75. The highest BCUT2D eigenvalue weighted by atomic mass is 16.5. The van der Waals surface area contributed by atoms with Gasteiger partial charge >= 0.3 is 6.03 Å². The molecule has 0 saturated carbocycles. The van der Waals surface area contributed by atoms with Gasteiger partial charge in [-0.25, -0.2) is 4.79 Å². The zero-order valence-electron chi connectivity index (χ0n) is 11.8. The number of carbonyl (C=O) groups is 1. The van der Waals surface area contributed by atoms with Crippen molar-refractivity contribution in [3.63, 3.8) is 0 Å². The van der Waals surface area contributed by atoms with Gasteiger partial charge in [0.2, 0.25) is 0 Å². The van der Waals surface area contributed by atoms with Crippen LogP contribution in [-0.2, 0) is 0 Å². The first kappa shape index (κ1) is 13.7. The molecule has 0 bridgehead atoms. The summed E-state index contributed by atoms with van der Waals surface area (Å²) >= 11 is 0. The topological polar surface area (TPSA) is 44.8 Å². The number of urea groups is 1. The van der Waals surface area contributed by atoms with Crippen LogP contribution in [0.15, 0.2) is 18.2 Å². The molecule has 1 heterocycles. The Labute approximate surface area is 114 Å². The number of anilines is 1. The molecule has 0 spiro atoms. The van der Waals surface area contributed by atoms with E-state index in [1.54, 1.807) is 19.1 Å². The number of ether oxygens (including phenoxy) is 1. The first-order valence-electron chi connectivity index (χ1n) is 6.51. The molecule has 1 N–H and O–H groups in total. The molecular weight excluding hydrogens is 242 g/mol. The van der Waals surface area contributed by atoms with Crippen LogP contribution in [0, 0.1) is 6.92 Å². The molecule has 2 amide bonds. The Bertz CT molecular complexity index is 456. The third kappa shape index (κ3) is 2.98. The number of aryl methyl sites for hydroxylation is 1. The maximum absolute atomic E-state index is 12.4. The van der Waals surface area contributed by atoms with Gasteiger partial charge in [0.1, 0.15) is 5.75 Å². The van der Waals surface area contributed by atoms with Crippen LogP contribution < -0.4 is 15.0 Å². The summed E-state index contributed by atoms with van der Waals surface area (Å²) < 4.78 is 5.33. The van der Waals surface area contributed by atoms with Crippen molar-refractivity contribution < 1.29 is 9.53 Å². The van der Waals surface area contributed by atoms with E-state index in [9.17, 15) is 4.79 Å². The molecule has 104 valence electrons. The summed E-state index contributed by atoms with van der Waals surface area (Å²) in [5, 5.41) is 3.24. The molecule has 0 atom stereocenters. The zero-order chi connectivity index (χ0) is 13.8. The van der Waals surface area contributed by atoms with Gasteiger partial charge in [-0.15, -0.1) is 0 Å². The fraction of sp³-hybridized carbons (Fsp3) is 0.500. The van der Waals surface area contributed by atoms with Crippen molar-refractivity contribution in [2.45, 2.75) is 6.92 Å². The molecule has 2 rings (SSSR count). The van der Waals surface area contributed by atoms with Gasteiger partial charge in [-0.3, -0.25) is 4.90 Å². The predicted molar refractivity (Wildman–Crippen MR) is 76.0 cm³/mol. The summed E-state index contributed by atoms with van der Waals surface area (Å²) in [5.74, 6) is 0.719. The Kier molecular flexibility index (Phi) is 4.27. The standard InChI is InChI=1S/C14H21N3O2/c1-11-4-5-13(19-3)12(10-11)16(2)14(18)17-8-6-15-7-9-17/h4-5,10,15H,6-9H2,1-3H3. The van der Waals surface area contributed by atoms with Gasteiger partial charge in [0.25, 0.3) is 0 Å². The maximum Gasteiger partial charge on any atom is 0.324 e. The largest absolute Gasteiger partial charge is 0.495 e. The van der Waals surface area contributed by atoms with E-state index in [0.717, 1.165) is 43.2 Å². The molecule has 0 aromatic heterocycles. The average molecular weight is 263 g/mol. The molecule has 1 aliphatic rings. The van der Waals surface area contributed by atoms with Crippen LogP contribution in [0.1, 0.15) is 5.56 Å². The average Bonchev–Trinajstić information content (AvgIpc) is 2.46. The van der Waals surface area contributed by atoms with Gasteiger partial charge < -0.3 is 15.0 Å². The van der Waals surface area contributed by atoms with E-state index in [4.69, 9.17) is 4.74 Å². The third-order valence-corrected chi connectivity index (χ3v) is 3.37. The van der Waals surface area contributed by atoms with Crippen molar-refractivity contribution >= 4 is 11.7 Å². The van der Waals surface area contributed by atoms with Crippen molar-refractivity contribution in [1.82, 2.24) is 10.2 Å². The number of amides is 2. The van der Waals surface area contributed by atoms with Crippen LogP contribution in [0.25, 0.3) is 0 Å². The van der Waals surface area contributed by atoms with Crippen molar-refractivity contribution in [2.24, 2.45) is 0 Å². The minimum absolute atomic E-state index is 0.0189. The Morgan fingerprint density at radius 3 is 2.68 bits per heavy atom. The lowest BCUT2D eigenvalue weighted by Crippen LogP contribution is -2.50. The van der Waals surface area contributed by atoms with Crippen LogP contribution in [0.3, 0.4) is 0 Å². The van der Waals surface area contributed by atoms with Gasteiger partial charge in [0, 0.05) is 33.2 Å². The van der Waals surface area contributed by atoms with Gasteiger partial charge in [0.15, 0.2) is 0 Å². The van der Waals surface area contributed by atoms with Gasteiger partial charge in [0.05, 0.1) is 12.8 Å². The molecule has 1 aliphatic heterocycles. The second kappa shape index (κ2) is 5.93. The van der Waals surface area contributed by atoms with Crippen LogP contribution in [0.5, 0.6) is 5.75 Å². The normalized spacial score (nSPS) is 15.2. The third-order valence-electron chi connectivity index (χ3n) is 3.37. The number of benzene rings is 1. The van der Waals surface area contributed by atoms with Crippen LogP contribution in [0.4, 0.5) is 10.5 Å². The van der Waals surface area contributed by atoms with Gasteiger partial charge in [-0.1, -0.05) is 6.07 Å². The number of hydrogen-bond donors (Lipinski definition) is 1. The van der Waals surface area contributed by atoms with Crippen LogP contribution in [-0.4, -0.2) is 51.3 Å². The van der Waals surface area contributed by atoms with E-state index in [1.165, 1.54) is 0 Å². The number of rotatable bonds is 2. The molecule has 1 aromatic carbocycles. The molecule has 19 heavy (non-hydrogen) atoms. The van der Waals surface area contributed by atoms with E-state index in [1.807, 2.05) is 30.0 Å². The van der Waals surface area contributed by atoms with E-state index >= 15 is 0 Å². The van der Waals surface area contributed by atoms with E-state index in [2.05, 4.69) is 5.32 Å². The summed E-state index contributed by atoms with van der Waals surface area (Å²) in [6.07, 6.45) is 0. The smallest absolute Gasteiger partial charge is 0.324 e.